The summed E-state index contributed by atoms with van der Waals surface area (Å²) in [6.07, 6.45) is 1.25. The number of carbonyl (C=O) groups excluding carboxylic acids is 2. The van der Waals surface area contributed by atoms with E-state index in [1.807, 2.05) is 6.07 Å². The molecule has 1 heterocycles. The second-order valence-corrected chi connectivity index (χ2v) is 5.59. The molecule has 2 N–H and O–H groups in total. The first kappa shape index (κ1) is 18.5. The molecule has 0 aliphatic rings. The molecule has 0 radical (unpaired) electrons. The molecule has 0 bridgehead atoms. The van der Waals surface area contributed by atoms with Gasteiger partial charge in [0.25, 0.3) is 5.91 Å². The Morgan fingerprint density at radius 2 is 1.82 bits per heavy atom. The largest absolute Gasteiger partial charge is 0.465 e. The van der Waals surface area contributed by atoms with Crippen LogP contribution >= 0.6 is 0 Å². The van der Waals surface area contributed by atoms with E-state index in [2.05, 4.69) is 20.6 Å². The topological polar surface area (TPSA) is 117 Å². The highest BCUT2D eigenvalue weighted by molar-refractivity contribution is 6.03. The van der Waals surface area contributed by atoms with Crippen LogP contribution in [-0.4, -0.2) is 29.0 Å². The zero-order valence-electron chi connectivity index (χ0n) is 14.8. The van der Waals surface area contributed by atoms with E-state index in [0.29, 0.717) is 28.3 Å². The van der Waals surface area contributed by atoms with Gasteiger partial charge in [-0.3, -0.25) is 4.79 Å². The summed E-state index contributed by atoms with van der Waals surface area (Å²) in [6, 6.07) is 16.7. The van der Waals surface area contributed by atoms with Crippen LogP contribution in [0.15, 0.2) is 60.9 Å². The number of esters is 1. The van der Waals surface area contributed by atoms with Crippen molar-refractivity contribution < 1.29 is 14.3 Å². The van der Waals surface area contributed by atoms with Gasteiger partial charge in [-0.05, 0) is 36.4 Å². The number of hydrogen-bond donors (Lipinski definition) is 2. The van der Waals surface area contributed by atoms with Crippen LogP contribution in [0, 0.1) is 11.3 Å². The van der Waals surface area contributed by atoms with Crippen LogP contribution in [0.5, 0.6) is 0 Å². The maximum Gasteiger partial charge on any atom is 0.339 e. The lowest BCUT2D eigenvalue weighted by Gasteiger charge is -2.10. The van der Waals surface area contributed by atoms with E-state index < -0.39 is 11.9 Å². The normalized spacial score (nSPS) is 9.86. The molecule has 8 heteroatoms. The first-order valence-corrected chi connectivity index (χ1v) is 8.18. The van der Waals surface area contributed by atoms with Gasteiger partial charge in [-0.25, -0.2) is 14.8 Å². The Hall–Kier alpha value is -4.25. The molecule has 0 unspecified atom stereocenters. The molecule has 28 heavy (non-hydrogen) atoms. The third-order valence-electron chi connectivity index (χ3n) is 3.77. The molecule has 8 nitrogen and oxygen atoms in total. The van der Waals surface area contributed by atoms with Crippen molar-refractivity contribution in [1.29, 1.82) is 5.26 Å². The van der Waals surface area contributed by atoms with Crippen molar-refractivity contribution in [3.63, 3.8) is 0 Å². The second-order valence-electron chi connectivity index (χ2n) is 5.59. The van der Waals surface area contributed by atoms with Gasteiger partial charge in [0, 0.05) is 11.8 Å². The molecule has 2 aromatic carbocycles. The smallest absolute Gasteiger partial charge is 0.339 e. The number of nitriles is 1. The Labute approximate surface area is 160 Å². The molecule has 1 aromatic heterocycles. The first-order chi connectivity index (χ1) is 13.6. The number of methoxy groups -OCH3 is 1. The average molecular weight is 373 g/mol. The van der Waals surface area contributed by atoms with Crippen molar-refractivity contribution in [3.05, 3.63) is 77.7 Å². The van der Waals surface area contributed by atoms with E-state index in [0.717, 1.165) is 0 Å². The van der Waals surface area contributed by atoms with Crippen molar-refractivity contribution in [3.8, 4) is 6.07 Å². The maximum absolute atomic E-state index is 12.4. The quantitative estimate of drug-likeness (QED) is 0.660. The summed E-state index contributed by atoms with van der Waals surface area (Å²) in [5.74, 6) is -0.580. The minimum absolute atomic E-state index is 0.136. The van der Waals surface area contributed by atoms with Gasteiger partial charge in [0.05, 0.1) is 30.0 Å². The van der Waals surface area contributed by atoms with Crippen LogP contribution in [-0.2, 0) is 4.74 Å². The number of rotatable bonds is 5. The number of nitrogens with zero attached hydrogens (tertiary/aromatic N) is 3. The van der Waals surface area contributed by atoms with Crippen molar-refractivity contribution in [2.75, 3.05) is 17.7 Å². The fraction of sp³-hybridized carbons (Fsp3) is 0.0500. The highest BCUT2D eigenvalue weighted by Crippen LogP contribution is 2.20. The monoisotopic (exact) mass is 373 g/mol. The van der Waals surface area contributed by atoms with E-state index in [1.165, 1.54) is 19.5 Å². The van der Waals surface area contributed by atoms with E-state index in [4.69, 9.17) is 10.00 Å². The van der Waals surface area contributed by atoms with Gasteiger partial charge < -0.3 is 15.4 Å². The number of hydrogen-bond acceptors (Lipinski definition) is 7. The number of para-hydroxylation sites is 1. The Morgan fingerprint density at radius 3 is 2.54 bits per heavy atom. The standard InChI is InChI=1S/C20H15N5O3/c1-28-20(27)15-4-2-3-5-16(15)25-18-10-17(22-12-23-18)19(26)24-14-8-6-13(11-21)7-9-14/h2-10,12H,1H3,(H,24,26)(H,22,23,25). The molecule has 3 aromatic rings. The zero-order valence-corrected chi connectivity index (χ0v) is 14.8. The molecular weight excluding hydrogens is 358 g/mol. The van der Waals surface area contributed by atoms with E-state index in [9.17, 15) is 9.59 Å². The van der Waals surface area contributed by atoms with Crippen molar-refractivity contribution in [2.45, 2.75) is 0 Å². The zero-order chi connectivity index (χ0) is 19.9. The SMILES string of the molecule is COC(=O)c1ccccc1Nc1cc(C(=O)Nc2ccc(C#N)cc2)ncn1. The summed E-state index contributed by atoms with van der Waals surface area (Å²) >= 11 is 0. The molecule has 0 aliphatic heterocycles. The number of amides is 1. The van der Waals surface area contributed by atoms with Crippen LogP contribution in [0.3, 0.4) is 0 Å². The number of benzene rings is 2. The second kappa shape index (κ2) is 8.42. The number of ether oxygens (including phenoxy) is 1. The maximum atomic E-state index is 12.4. The average Bonchev–Trinajstić information content (AvgIpc) is 2.74. The lowest BCUT2D eigenvalue weighted by Crippen LogP contribution is -2.14. The Kier molecular flexibility index (Phi) is 5.58. The van der Waals surface area contributed by atoms with Gasteiger partial charge in [0.1, 0.15) is 17.8 Å². The Bertz CT molecular complexity index is 1060. The minimum Gasteiger partial charge on any atom is -0.465 e. The van der Waals surface area contributed by atoms with Crippen molar-refractivity contribution in [2.24, 2.45) is 0 Å². The van der Waals surface area contributed by atoms with E-state index >= 15 is 0 Å². The number of carbonyl (C=O) groups is 2. The van der Waals surface area contributed by atoms with Gasteiger partial charge >= 0.3 is 5.97 Å². The highest BCUT2D eigenvalue weighted by atomic mass is 16.5. The highest BCUT2D eigenvalue weighted by Gasteiger charge is 2.13. The predicted octanol–water partition coefficient (Wildman–Crippen LogP) is 3.13. The molecule has 0 atom stereocenters. The fourth-order valence-corrected chi connectivity index (χ4v) is 2.39. The van der Waals surface area contributed by atoms with Crippen LogP contribution in [0.25, 0.3) is 0 Å². The van der Waals surface area contributed by atoms with E-state index in [-0.39, 0.29) is 5.69 Å². The summed E-state index contributed by atoms with van der Waals surface area (Å²) in [4.78, 5) is 32.4. The minimum atomic E-state index is -0.490. The molecule has 0 aliphatic carbocycles. The fourth-order valence-electron chi connectivity index (χ4n) is 2.39. The number of nitrogens with one attached hydrogen (secondary N) is 2. The third-order valence-corrected chi connectivity index (χ3v) is 3.77. The van der Waals surface area contributed by atoms with Crippen molar-refractivity contribution >= 4 is 29.1 Å². The summed E-state index contributed by atoms with van der Waals surface area (Å²) < 4.78 is 4.76. The van der Waals surface area contributed by atoms with Crippen LogP contribution in [0.1, 0.15) is 26.4 Å². The molecule has 0 saturated carbocycles. The Balaban J connectivity index is 1.78. The molecular formula is C20H15N5O3. The van der Waals surface area contributed by atoms with Gasteiger partial charge in [-0.15, -0.1) is 0 Å². The molecule has 0 spiro atoms. The van der Waals surface area contributed by atoms with E-state index in [1.54, 1.807) is 48.5 Å². The lowest BCUT2D eigenvalue weighted by molar-refractivity contribution is 0.0601. The summed E-state index contributed by atoms with van der Waals surface area (Å²) in [5, 5.41) is 14.5. The van der Waals surface area contributed by atoms with Gasteiger partial charge in [-0.1, -0.05) is 12.1 Å². The molecule has 1 amide bonds. The number of aromatic nitrogens is 2. The predicted molar refractivity (Wildman–Crippen MR) is 102 cm³/mol. The molecule has 0 fully saturated rings. The summed E-state index contributed by atoms with van der Waals surface area (Å²) in [5.41, 5.74) is 2.00. The first-order valence-electron chi connectivity index (χ1n) is 8.18. The van der Waals surface area contributed by atoms with Crippen molar-refractivity contribution in [1.82, 2.24) is 9.97 Å². The van der Waals surface area contributed by atoms with Crippen LogP contribution in [0.2, 0.25) is 0 Å². The molecule has 138 valence electrons. The van der Waals surface area contributed by atoms with Gasteiger partial charge in [-0.2, -0.15) is 5.26 Å². The van der Waals surface area contributed by atoms with Gasteiger partial charge in [0.15, 0.2) is 0 Å². The summed E-state index contributed by atoms with van der Waals surface area (Å²) in [7, 11) is 1.30. The Morgan fingerprint density at radius 1 is 1.07 bits per heavy atom. The molecule has 0 saturated heterocycles. The van der Waals surface area contributed by atoms with Gasteiger partial charge in [0.2, 0.25) is 0 Å². The summed E-state index contributed by atoms with van der Waals surface area (Å²) in [6.45, 7) is 0. The van der Waals surface area contributed by atoms with Crippen LogP contribution in [0.4, 0.5) is 17.2 Å². The van der Waals surface area contributed by atoms with Crippen LogP contribution < -0.4 is 10.6 Å². The third kappa shape index (κ3) is 4.28. The molecule has 3 rings (SSSR count). The number of anilines is 3. The lowest BCUT2D eigenvalue weighted by atomic mass is 10.2.